The van der Waals surface area contributed by atoms with Crippen LogP contribution in [0.3, 0.4) is 0 Å². The molecule has 0 heterocycles. The summed E-state index contributed by atoms with van der Waals surface area (Å²) in [7, 11) is -9.89. The fourth-order valence-electron chi connectivity index (χ4n) is 9.54. The molecule has 4 unspecified atom stereocenters. The number of hydrogen-bond acceptors (Lipinski definition) is 15. The average molecular weight is 1240 g/mol. The lowest BCUT2D eigenvalue weighted by Crippen LogP contribution is -2.30. The largest absolute Gasteiger partial charge is 0.472 e. The van der Waals surface area contributed by atoms with Gasteiger partial charge in [0.15, 0.2) is 12.2 Å². The van der Waals surface area contributed by atoms with Crippen molar-refractivity contribution in [2.24, 2.45) is 23.7 Å². The van der Waals surface area contributed by atoms with Crippen molar-refractivity contribution in [1.82, 2.24) is 0 Å². The quantitative estimate of drug-likeness (QED) is 0.0222. The zero-order valence-electron chi connectivity index (χ0n) is 54.5. The Labute approximate surface area is 511 Å². The number of phosphoric acid groups is 2. The number of ether oxygens (including phenoxy) is 4. The number of unbranched alkanes of at least 4 members (excludes halogenated alkanes) is 26. The number of aliphatic hydroxyl groups is 1. The molecule has 19 heteroatoms. The van der Waals surface area contributed by atoms with Gasteiger partial charge in [-0.05, 0) is 49.4 Å². The van der Waals surface area contributed by atoms with Crippen LogP contribution < -0.4 is 0 Å². The molecule has 0 aliphatic carbocycles. The van der Waals surface area contributed by atoms with Gasteiger partial charge in [0.25, 0.3) is 0 Å². The van der Waals surface area contributed by atoms with Crippen molar-refractivity contribution in [3.8, 4) is 0 Å². The van der Waals surface area contributed by atoms with E-state index >= 15 is 0 Å². The second-order valence-electron chi connectivity index (χ2n) is 24.9. The maximum atomic E-state index is 13.0. The summed E-state index contributed by atoms with van der Waals surface area (Å²) in [6.07, 6.45) is 34.9. The summed E-state index contributed by atoms with van der Waals surface area (Å²) in [6.45, 7) is 14.0. The second-order valence-corrected chi connectivity index (χ2v) is 27.8. The van der Waals surface area contributed by atoms with Crippen LogP contribution in [0, 0.1) is 23.7 Å². The number of carbonyl (C=O) groups excluding carboxylic acids is 4. The molecule has 0 amide bonds. The van der Waals surface area contributed by atoms with Crippen molar-refractivity contribution in [2.75, 3.05) is 39.6 Å². The molecular weight excluding hydrogens is 1110 g/mol. The smallest absolute Gasteiger partial charge is 0.462 e. The zero-order chi connectivity index (χ0) is 62.5. The van der Waals surface area contributed by atoms with Gasteiger partial charge in [0.05, 0.1) is 26.4 Å². The SMILES string of the molecule is CCC(C)CCCCCCCCCCC(=O)O[C@H](COC(=O)CCCCCCCCCCCC(C)C)COP(=O)(O)OC[C@@H](O)COP(=O)(O)OC[C@@H](COC(=O)CCCCCCCCC(C)CC)OC(=O)CCCCCCCCCC(C)C. The van der Waals surface area contributed by atoms with E-state index < -0.39 is 97.5 Å². The third-order valence-corrected chi connectivity index (χ3v) is 17.4. The lowest BCUT2D eigenvalue weighted by molar-refractivity contribution is -0.161. The topological polar surface area (TPSA) is 237 Å². The van der Waals surface area contributed by atoms with Gasteiger partial charge in [-0.2, -0.15) is 0 Å². The van der Waals surface area contributed by atoms with Gasteiger partial charge in [-0.3, -0.25) is 37.3 Å². The molecule has 0 spiro atoms. The highest BCUT2D eigenvalue weighted by atomic mass is 31.2. The van der Waals surface area contributed by atoms with Gasteiger partial charge in [0, 0.05) is 25.7 Å². The monoisotopic (exact) mass is 1240 g/mol. The molecule has 0 rings (SSSR count). The molecule has 0 saturated carbocycles. The normalized spacial score (nSPS) is 15.1. The zero-order valence-corrected chi connectivity index (χ0v) is 56.3. The van der Waals surface area contributed by atoms with Crippen molar-refractivity contribution >= 4 is 39.5 Å². The standard InChI is InChI=1S/C65H126O17P2/c1-9-57(7)43-35-27-19-14-15-21-31-39-47-64(69)81-60(51-75-62(67)45-37-29-20-13-11-12-17-25-33-41-55(3)4)53-79-83(71,72)77-49-59(66)50-78-84(73,74)80-54-61(82-65(70)48-40-32-22-16-18-26-34-42-56(5)6)52-76-63(68)46-38-30-24-23-28-36-44-58(8)10-2/h55-61,66H,9-54H2,1-8H3,(H,71,72)(H,73,74)/t57?,58?,59-,60-,61-/m1/s1. The predicted molar refractivity (Wildman–Crippen MR) is 335 cm³/mol. The van der Waals surface area contributed by atoms with E-state index in [-0.39, 0.29) is 25.7 Å². The fourth-order valence-corrected chi connectivity index (χ4v) is 11.1. The first kappa shape index (κ1) is 82.1. The van der Waals surface area contributed by atoms with E-state index in [0.717, 1.165) is 114 Å². The molecule has 84 heavy (non-hydrogen) atoms. The lowest BCUT2D eigenvalue weighted by Gasteiger charge is -2.21. The maximum absolute atomic E-state index is 13.0. The first-order valence-corrected chi connectivity index (χ1v) is 36.8. The molecule has 0 aliphatic heterocycles. The Morgan fingerprint density at radius 2 is 0.571 bits per heavy atom. The highest BCUT2D eigenvalue weighted by molar-refractivity contribution is 7.47. The van der Waals surface area contributed by atoms with Crippen molar-refractivity contribution < 1.29 is 80.2 Å². The van der Waals surface area contributed by atoms with E-state index in [1.165, 1.54) is 109 Å². The number of hydrogen-bond donors (Lipinski definition) is 3. The molecule has 0 aromatic rings. The minimum absolute atomic E-state index is 0.102. The number of carbonyl (C=O) groups is 4. The van der Waals surface area contributed by atoms with E-state index in [1.807, 2.05) is 0 Å². The molecule has 0 aliphatic rings. The molecule has 0 aromatic heterocycles. The summed E-state index contributed by atoms with van der Waals surface area (Å²) in [5.41, 5.74) is 0. The van der Waals surface area contributed by atoms with Crippen molar-refractivity contribution in [1.29, 1.82) is 0 Å². The van der Waals surface area contributed by atoms with Gasteiger partial charge in [0.2, 0.25) is 0 Å². The Bertz CT molecular complexity index is 1680. The van der Waals surface area contributed by atoms with Crippen LogP contribution in [0.1, 0.15) is 312 Å². The van der Waals surface area contributed by atoms with Crippen LogP contribution >= 0.6 is 15.6 Å². The van der Waals surface area contributed by atoms with Crippen molar-refractivity contribution in [3.05, 3.63) is 0 Å². The van der Waals surface area contributed by atoms with E-state index in [2.05, 4.69) is 55.4 Å². The van der Waals surface area contributed by atoms with Crippen molar-refractivity contribution in [2.45, 2.75) is 331 Å². The Balaban J connectivity index is 5.27. The summed E-state index contributed by atoms with van der Waals surface area (Å²) in [4.78, 5) is 72.3. The van der Waals surface area contributed by atoms with Gasteiger partial charge >= 0.3 is 39.5 Å². The average Bonchev–Trinajstić information content (AvgIpc) is 3.45. The van der Waals surface area contributed by atoms with Crippen LogP contribution in [0.15, 0.2) is 0 Å². The van der Waals surface area contributed by atoms with Gasteiger partial charge in [0.1, 0.15) is 19.3 Å². The van der Waals surface area contributed by atoms with Crippen LogP contribution in [0.5, 0.6) is 0 Å². The number of rotatable bonds is 62. The molecule has 0 bridgehead atoms. The number of esters is 4. The fraction of sp³-hybridized carbons (Fsp3) is 0.938. The molecule has 17 nitrogen and oxygen atoms in total. The van der Waals surface area contributed by atoms with Gasteiger partial charge in [-0.25, -0.2) is 9.13 Å². The predicted octanol–water partition coefficient (Wildman–Crippen LogP) is 17.8. The summed E-state index contributed by atoms with van der Waals surface area (Å²) < 4.78 is 68.0. The van der Waals surface area contributed by atoms with Crippen molar-refractivity contribution in [3.63, 3.8) is 0 Å². The first-order valence-electron chi connectivity index (χ1n) is 33.8. The Hall–Kier alpha value is -1.94. The highest BCUT2D eigenvalue weighted by Crippen LogP contribution is 2.45. The van der Waals surface area contributed by atoms with E-state index in [4.69, 9.17) is 37.0 Å². The third kappa shape index (κ3) is 56.6. The Morgan fingerprint density at radius 3 is 0.845 bits per heavy atom. The molecule has 0 radical (unpaired) electrons. The van der Waals surface area contributed by atoms with Crippen LogP contribution in [-0.2, 0) is 65.4 Å². The summed E-state index contributed by atoms with van der Waals surface area (Å²) in [5, 5.41) is 10.5. The van der Waals surface area contributed by atoms with Crippen LogP contribution in [0.25, 0.3) is 0 Å². The summed E-state index contributed by atoms with van der Waals surface area (Å²) in [6, 6.07) is 0. The highest BCUT2D eigenvalue weighted by Gasteiger charge is 2.30. The molecule has 0 saturated heterocycles. The summed E-state index contributed by atoms with van der Waals surface area (Å²) >= 11 is 0. The molecule has 0 fully saturated rings. The number of phosphoric ester groups is 2. The molecule has 498 valence electrons. The Morgan fingerprint density at radius 1 is 0.333 bits per heavy atom. The third-order valence-electron chi connectivity index (χ3n) is 15.5. The van der Waals surface area contributed by atoms with Crippen LogP contribution in [0.4, 0.5) is 0 Å². The van der Waals surface area contributed by atoms with Crippen LogP contribution in [0.2, 0.25) is 0 Å². The van der Waals surface area contributed by atoms with E-state index in [0.29, 0.717) is 31.6 Å². The molecule has 3 N–H and O–H groups in total. The van der Waals surface area contributed by atoms with Crippen LogP contribution in [-0.4, -0.2) is 96.7 Å². The maximum Gasteiger partial charge on any atom is 0.472 e. The minimum Gasteiger partial charge on any atom is -0.462 e. The second kappa shape index (κ2) is 55.2. The van der Waals surface area contributed by atoms with Gasteiger partial charge in [-0.15, -0.1) is 0 Å². The van der Waals surface area contributed by atoms with Gasteiger partial charge in [-0.1, -0.05) is 261 Å². The molecule has 0 aromatic carbocycles. The number of aliphatic hydroxyl groups excluding tert-OH is 1. The Kier molecular flexibility index (Phi) is 53.9. The lowest BCUT2D eigenvalue weighted by atomic mass is 9.99. The van der Waals surface area contributed by atoms with E-state index in [9.17, 15) is 43.2 Å². The first-order chi connectivity index (χ1) is 40.2. The minimum atomic E-state index is -4.95. The van der Waals surface area contributed by atoms with Gasteiger partial charge < -0.3 is 33.8 Å². The van der Waals surface area contributed by atoms with E-state index in [1.54, 1.807) is 0 Å². The molecule has 7 atom stereocenters. The summed E-state index contributed by atoms with van der Waals surface area (Å²) in [5.74, 6) is 0.799. The molecular formula is C65H126O17P2.